The summed E-state index contributed by atoms with van der Waals surface area (Å²) in [5.41, 5.74) is 6.37. The van der Waals surface area contributed by atoms with Gasteiger partial charge in [0.25, 0.3) is 0 Å². The van der Waals surface area contributed by atoms with Gasteiger partial charge in [0.2, 0.25) is 0 Å². The molecule has 3 atom stereocenters. The average molecular weight is 299 g/mol. The molecule has 2 heterocycles. The van der Waals surface area contributed by atoms with E-state index in [4.69, 9.17) is 5.73 Å². The molecule has 1 aromatic heterocycles. The van der Waals surface area contributed by atoms with Gasteiger partial charge in [-0.3, -0.25) is 4.90 Å². The summed E-state index contributed by atoms with van der Waals surface area (Å²) in [5, 5.41) is 2.79. The lowest BCUT2D eigenvalue weighted by Crippen LogP contribution is -2.62. The normalized spacial score (nSPS) is 29.6. The van der Waals surface area contributed by atoms with Crippen LogP contribution in [0.15, 0.2) is 17.5 Å². The van der Waals surface area contributed by atoms with Gasteiger partial charge in [0.15, 0.2) is 0 Å². The summed E-state index contributed by atoms with van der Waals surface area (Å²) in [6, 6.07) is 4.93. The van der Waals surface area contributed by atoms with Crippen LogP contribution in [-0.2, 0) is 6.42 Å². The molecule has 0 aliphatic carbocycles. The molecule has 3 unspecified atom stereocenters. The molecule has 19 heavy (non-hydrogen) atoms. The fraction of sp³-hybridized carbons (Fsp3) is 0.733. The van der Waals surface area contributed by atoms with Crippen LogP contribution in [-0.4, -0.2) is 41.1 Å². The molecule has 1 saturated heterocycles. The highest BCUT2D eigenvalue weighted by molar-refractivity contribution is 8.00. The monoisotopic (exact) mass is 298 g/mol. The van der Waals surface area contributed by atoms with Crippen molar-refractivity contribution in [2.75, 3.05) is 19.3 Å². The van der Waals surface area contributed by atoms with E-state index in [0.717, 1.165) is 13.0 Å². The fourth-order valence-corrected chi connectivity index (χ4v) is 5.35. The second-order valence-corrected chi connectivity index (χ2v) is 8.15. The molecule has 1 aromatic rings. The van der Waals surface area contributed by atoms with Crippen LogP contribution in [0, 0.1) is 0 Å². The predicted octanol–water partition coefficient (Wildman–Crippen LogP) is 3.22. The van der Waals surface area contributed by atoms with Crippen molar-refractivity contribution in [3.05, 3.63) is 22.4 Å². The van der Waals surface area contributed by atoms with Crippen LogP contribution in [0.2, 0.25) is 0 Å². The maximum Gasteiger partial charge on any atom is 0.0447 e. The summed E-state index contributed by atoms with van der Waals surface area (Å²) in [7, 11) is 2.27. The first-order valence-corrected chi connectivity index (χ1v) is 9.10. The summed E-state index contributed by atoms with van der Waals surface area (Å²) in [5.74, 6) is 1.29. The first kappa shape index (κ1) is 15.4. The molecule has 0 radical (unpaired) electrons. The Hall–Kier alpha value is -0.0300. The van der Waals surface area contributed by atoms with Crippen molar-refractivity contribution in [3.63, 3.8) is 0 Å². The zero-order chi connectivity index (χ0) is 13.9. The Balaban J connectivity index is 2.08. The van der Waals surface area contributed by atoms with Gasteiger partial charge >= 0.3 is 0 Å². The van der Waals surface area contributed by atoms with Gasteiger partial charge in [-0.25, -0.2) is 0 Å². The second-order valence-electron chi connectivity index (χ2n) is 5.67. The van der Waals surface area contributed by atoms with Crippen molar-refractivity contribution in [2.45, 2.75) is 49.9 Å². The molecule has 0 spiro atoms. The maximum atomic E-state index is 6.19. The molecule has 108 valence electrons. The first-order valence-electron chi connectivity index (χ1n) is 7.17. The summed E-state index contributed by atoms with van der Waals surface area (Å²) in [6.45, 7) is 5.46. The first-order chi connectivity index (χ1) is 9.10. The van der Waals surface area contributed by atoms with Gasteiger partial charge < -0.3 is 5.73 Å². The third-order valence-electron chi connectivity index (χ3n) is 4.67. The smallest absolute Gasteiger partial charge is 0.0447 e. The number of likely N-dealkylation sites (N-methyl/N-ethyl adjacent to an activating group) is 1. The van der Waals surface area contributed by atoms with Gasteiger partial charge in [0.05, 0.1) is 0 Å². The molecule has 1 fully saturated rings. The highest BCUT2D eigenvalue weighted by atomic mass is 32.2. The van der Waals surface area contributed by atoms with Gasteiger partial charge in [-0.15, -0.1) is 11.3 Å². The minimum absolute atomic E-state index is 0.180. The van der Waals surface area contributed by atoms with E-state index in [2.05, 4.69) is 55.1 Å². The molecule has 2 N–H and O–H groups in total. The second kappa shape index (κ2) is 6.61. The minimum atomic E-state index is 0.180. The van der Waals surface area contributed by atoms with Gasteiger partial charge in [-0.2, -0.15) is 11.8 Å². The summed E-state index contributed by atoms with van der Waals surface area (Å²) >= 11 is 3.94. The molecule has 0 bridgehead atoms. The van der Waals surface area contributed by atoms with E-state index in [9.17, 15) is 0 Å². The Morgan fingerprint density at radius 2 is 2.37 bits per heavy atom. The number of nitrogens with two attached hydrogens (primary N) is 1. The van der Waals surface area contributed by atoms with E-state index in [-0.39, 0.29) is 5.54 Å². The van der Waals surface area contributed by atoms with Crippen LogP contribution >= 0.6 is 23.1 Å². The van der Waals surface area contributed by atoms with Crippen molar-refractivity contribution < 1.29 is 0 Å². The van der Waals surface area contributed by atoms with E-state index in [1.807, 2.05) is 11.3 Å². The lowest BCUT2D eigenvalue weighted by molar-refractivity contribution is 0.0735. The third-order valence-corrected chi connectivity index (χ3v) is 7.03. The Labute approximate surface area is 125 Å². The Kier molecular flexibility index (Phi) is 5.35. The standard InChI is InChI=1S/C15H26N2S2/c1-12(10-14-6-4-8-19-14)17(3)15(11-16)7-5-9-18-13(15)2/h4,6,8,12-13H,5,7,9-11,16H2,1-3H3. The van der Waals surface area contributed by atoms with Crippen LogP contribution < -0.4 is 5.73 Å². The zero-order valence-corrected chi connectivity index (χ0v) is 13.9. The van der Waals surface area contributed by atoms with E-state index in [0.29, 0.717) is 11.3 Å². The van der Waals surface area contributed by atoms with Crippen LogP contribution in [0.5, 0.6) is 0 Å². The van der Waals surface area contributed by atoms with Gasteiger partial charge in [-0.1, -0.05) is 13.0 Å². The van der Waals surface area contributed by atoms with Gasteiger partial charge in [0.1, 0.15) is 0 Å². The summed E-state index contributed by atoms with van der Waals surface area (Å²) in [6.07, 6.45) is 3.67. The molecule has 0 amide bonds. The quantitative estimate of drug-likeness (QED) is 0.905. The predicted molar refractivity (Wildman–Crippen MR) is 88.2 cm³/mol. The Morgan fingerprint density at radius 3 is 2.95 bits per heavy atom. The average Bonchev–Trinajstić information content (AvgIpc) is 2.91. The number of thiophene rings is 1. The van der Waals surface area contributed by atoms with Crippen LogP contribution in [0.3, 0.4) is 0 Å². The van der Waals surface area contributed by atoms with E-state index < -0.39 is 0 Å². The molecule has 0 aromatic carbocycles. The van der Waals surface area contributed by atoms with E-state index >= 15 is 0 Å². The SMILES string of the molecule is CC(Cc1cccs1)N(C)C1(CN)CCCSC1C. The van der Waals surface area contributed by atoms with E-state index in [1.165, 1.54) is 23.5 Å². The number of thioether (sulfide) groups is 1. The minimum Gasteiger partial charge on any atom is -0.329 e. The van der Waals surface area contributed by atoms with Gasteiger partial charge in [0, 0.05) is 28.3 Å². The van der Waals surface area contributed by atoms with Crippen molar-refractivity contribution in [2.24, 2.45) is 5.73 Å². The molecular formula is C15H26N2S2. The van der Waals surface area contributed by atoms with Crippen LogP contribution in [0.1, 0.15) is 31.6 Å². The van der Waals surface area contributed by atoms with Crippen LogP contribution in [0.4, 0.5) is 0 Å². The molecule has 1 aliphatic rings. The molecule has 4 heteroatoms. The molecule has 2 nitrogen and oxygen atoms in total. The Bertz CT molecular complexity index is 380. The summed E-state index contributed by atoms with van der Waals surface area (Å²) in [4.78, 5) is 4.03. The van der Waals surface area contributed by atoms with Crippen molar-refractivity contribution in [3.8, 4) is 0 Å². The molecule has 1 aliphatic heterocycles. The number of nitrogens with zero attached hydrogens (tertiary/aromatic N) is 1. The van der Waals surface area contributed by atoms with Gasteiger partial charge in [-0.05, 0) is 50.4 Å². The molecule has 2 rings (SSSR count). The number of hydrogen-bond donors (Lipinski definition) is 1. The lowest BCUT2D eigenvalue weighted by atomic mass is 9.86. The number of rotatable bonds is 5. The molecular weight excluding hydrogens is 272 g/mol. The lowest BCUT2D eigenvalue weighted by Gasteiger charge is -2.50. The van der Waals surface area contributed by atoms with Crippen LogP contribution in [0.25, 0.3) is 0 Å². The van der Waals surface area contributed by atoms with E-state index in [1.54, 1.807) is 0 Å². The largest absolute Gasteiger partial charge is 0.329 e. The fourth-order valence-electron chi connectivity index (χ4n) is 3.17. The van der Waals surface area contributed by atoms with Crippen molar-refractivity contribution in [1.82, 2.24) is 4.90 Å². The highest BCUT2D eigenvalue weighted by Crippen LogP contribution is 2.38. The number of hydrogen-bond acceptors (Lipinski definition) is 4. The maximum absolute atomic E-state index is 6.19. The van der Waals surface area contributed by atoms with Crippen molar-refractivity contribution in [1.29, 1.82) is 0 Å². The molecule has 0 saturated carbocycles. The third kappa shape index (κ3) is 3.18. The topological polar surface area (TPSA) is 29.3 Å². The summed E-state index contributed by atoms with van der Waals surface area (Å²) < 4.78 is 0. The highest BCUT2D eigenvalue weighted by Gasteiger charge is 2.42. The Morgan fingerprint density at radius 1 is 1.58 bits per heavy atom. The zero-order valence-electron chi connectivity index (χ0n) is 12.3. The van der Waals surface area contributed by atoms with Crippen molar-refractivity contribution >= 4 is 23.1 Å².